The van der Waals surface area contributed by atoms with E-state index in [2.05, 4.69) is 4.98 Å². The number of nitrogens with zero attached hydrogens (tertiary/aromatic N) is 1. The van der Waals surface area contributed by atoms with Crippen LogP contribution in [0.15, 0.2) is 54.7 Å². The molecule has 0 saturated carbocycles. The zero-order chi connectivity index (χ0) is 14.8. The van der Waals surface area contributed by atoms with Gasteiger partial charge in [-0.05, 0) is 24.4 Å². The van der Waals surface area contributed by atoms with E-state index in [1.807, 2.05) is 42.5 Å². The van der Waals surface area contributed by atoms with Gasteiger partial charge >= 0.3 is 5.97 Å². The highest BCUT2D eigenvalue weighted by Crippen LogP contribution is 2.30. The number of carboxylic acid groups (broad SMARTS) is 1. The number of benzene rings is 2. The lowest BCUT2D eigenvalue weighted by Crippen LogP contribution is -2.00. The summed E-state index contributed by atoms with van der Waals surface area (Å²) in [5.41, 5.74) is 0.834. The molecule has 0 fully saturated rings. The maximum absolute atomic E-state index is 10.9. The largest absolute Gasteiger partial charge is 0.478 e. The van der Waals surface area contributed by atoms with Crippen LogP contribution in [0.4, 0.5) is 0 Å². The van der Waals surface area contributed by atoms with Gasteiger partial charge in [0.15, 0.2) is 0 Å². The van der Waals surface area contributed by atoms with Crippen LogP contribution in [0.1, 0.15) is 15.9 Å². The van der Waals surface area contributed by atoms with Gasteiger partial charge in [-0.15, -0.1) is 0 Å². The highest BCUT2D eigenvalue weighted by molar-refractivity contribution is 5.89. The predicted molar refractivity (Wildman–Crippen MR) is 80.0 cm³/mol. The van der Waals surface area contributed by atoms with Crippen molar-refractivity contribution in [2.45, 2.75) is 6.92 Å². The number of aromatic carboxylic acids is 1. The van der Waals surface area contributed by atoms with Crippen molar-refractivity contribution in [2.75, 3.05) is 0 Å². The van der Waals surface area contributed by atoms with Gasteiger partial charge in [-0.25, -0.2) is 9.78 Å². The lowest BCUT2D eigenvalue weighted by atomic mass is 10.1. The first-order valence-electron chi connectivity index (χ1n) is 6.51. The van der Waals surface area contributed by atoms with Crippen molar-refractivity contribution in [1.82, 2.24) is 4.98 Å². The van der Waals surface area contributed by atoms with Crippen molar-refractivity contribution in [3.05, 3.63) is 65.9 Å². The van der Waals surface area contributed by atoms with Crippen LogP contribution in [-0.4, -0.2) is 16.1 Å². The fourth-order valence-electron chi connectivity index (χ4n) is 2.17. The predicted octanol–water partition coefficient (Wildman–Crippen LogP) is 4.03. The van der Waals surface area contributed by atoms with Crippen LogP contribution in [0.25, 0.3) is 10.8 Å². The number of carboxylic acids is 1. The first-order valence-corrected chi connectivity index (χ1v) is 6.51. The van der Waals surface area contributed by atoms with Gasteiger partial charge in [0, 0.05) is 17.1 Å². The minimum atomic E-state index is -0.998. The van der Waals surface area contributed by atoms with Crippen molar-refractivity contribution in [3.8, 4) is 11.6 Å². The monoisotopic (exact) mass is 279 g/mol. The summed E-state index contributed by atoms with van der Waals surface area (Å²) in [5, 5.41) is 11.0. The number of aromatic nitrogens is 1. The molecule has 3 aromatic rings. The van der Waals surface area contributed by atoms with Crippen molar-refractivity contribution in [2.24, 2.45) is 0 Å². The molecule has 104 valence electrons. The molecule has 21 heavy (non-hydrogen) atoms. The fourth-order valence-corrected chi connectivity index (χ4v) is 2.17. The molecule has 0 atom stereocenters. The zero-order valence-corrected chi connectivity index (χ0v) is 11.4. The van der Waals surface area contributed by atoms with Gasteiger partial charge in [0.05, 0.1) is 5.56 Å². The molecule has 0 saturated heterocycles. The summed E-state index contributed by atoms with van der Waals surface area (Å²) >= 11 is 0. The molecule has 0 aliphatic heterocycles. The summed E-state index contributed by atoms with van der Waals surface area (Å²) < 4.78 is 5.85. The quantitative estimate of drug-likeness (QED) is 0.786. The summed E-state index contributed by atoms with van der Waals surface area (Å²) in [5.74, 6) is 0.116. The van der Waals surface area contributed by atoms with E-state index >= 15 is 0 Å². The Bertz CT molecular complexity index is 822. The van der Waals surface area contributed by atoms with E-state index in [-0.39, 0.29) is 5.56 Å². The van der Waals surface area contributed by atoms with E-state index in [9.17, 15) is 4.79 Å². The van der Waals surface area contributed by atoms with E-state index in [0.717, 1.165) is 10.8 Å². The topological polar surface area (TPSA) is 59.4 Å². The number of fused-ring (bicyclic) bond motifs is 1. The number of hydrogen-bond donors (Lipinski definition) is 1. The van der Waals surface area contributed by atoms with E-state index in [4.69, 9.17) is 9.84 Å². The Morgan fingerprint density at radius 3 is 2.67 bits per heavy atom. The average Bonchev–Trinajstić information content (AvgIpc) is 2.49. The average molecular weight is 279 g/mol. The molecular weight excluding hydrogens is 266 g/mol. The summed E-state index contributed by atoms with van der Waals surface area (Å²) in [6.45, 7) is 1.78. The molecule has 1 heterocycles. The van der Waals surface area contributed by atoms with E-state index in [1.54, 1.807) is 13.0 Å². The number of carbonyl (C=O) groups is 1. The third-order valence-electron chi connectivity index (χ3n) is 3.23. The normalized spacial score (nSPS) is 10.5. The Morgan fingerprint density at radius 1 is 1.14 bits per heavy atom. The van der Waals surface area contributed by atoms with Gasteiger partial charge < -0.3 is 9.84 Å². The summed E-state index contributed by atoms with van der Waals surface area (Å²) in [6, 6.07) is 15.3. The third-order valence-corrected chi connectivity index (χ3v) is 3.23. The Hall–Kier alpha value is -2.88. The Labute approximate surface area is 121 Å². The first-order chi connectivity index (χ1) is 10.1. The number of aryl methyl sites for hydroxylation is 1. The molecule has 0 radical (unpaired) electrons. The highest BCUT2D eigenvalue weighted by Gasteiger charge is 2.10. The maximum Gasteiger partial charge on any atom is 0.337 e. The molecular formula is C17H13NO3. The maximum atomic E-state index is 10.9. The molecule has 0 aliphatic rings. The van der Waals surface area contributed by atoms with Crippen molar-refractivity contribution >= 4 is 16.7 Å². The lowest BCUT2D eigenvalue weighted by Gasteiger charge is -2.10. The molecule has 4 heteroatoms. The van der Waals surface area contributed by atoms with E-state index < -0.39 is 5.97 Å². The second-order valence-corrected chi connectivity index (χ2v) is 4.73. The fraction of sp³-hybridized carbons (Fsp3) is 0.0588. The molecule has 1 N–H and O–H groups in total. The van der Waals surface area contributed by atoms with Gasteiger partial charge in [0.1, 0.15) is 5.75 Å². The Morgan fingerprint density at radius 2 is 1.90 bits per heavy atom. The molecule has 0 bridgehead atoms. The molecule has 2 aromatic carbocycles. The number of ether oxygens (including phenoxy) is 1. The molecule has 4 nitrogen and oxygen atoms in total. The van der Waals surface area contributed by atoms with Crippen molar-refractivity contribution in [3.63, 3.8) is 0 Å². The van der Waals surface area contributed by atoms with Gasteiger partial charge in [-0.2, -0.15) is 0 Å². The van der Waals surface area contributed by atoms with E-state index in [1.165, 1.54) is 6.20 Å². The number of rotatable bonds is 3. The minimum Gasteiger partial charge on any atom is -0.478 e. The molecule has 0 spiro atoms. The van der Waals surface area contributed by atoms with Crippen LogP contribution in [0.3, 0.4) is 0 Å². The standard InChI is InChI=1S/C17H13NO3/c1-11-9-13(17(19)20)10-18-16(11)21-15-8-4-6-12-5-2-3-7-14(12)15/h2-10H,1H3,(H,19,20). The van der Waals surface area contributed by atoms with Gasteiger partial charge in [0.2, 0.25) is 5.88 Å². The molecule has 0 amide bonds. The van der Waals surface area contributed by atoms with Crippen molar-refractivity contribution < 1.29 is 14.6 Å². The molecule has 3 rings (SSSR count). The summed E-state index contributed by atoms with van der Waals surface area (Å²) in [4.78, 5) is 15.0. The van der Waals surface area contributed by atoms with Crippen LogP contribution in [0.2, 0.25) is 0 Å². The van der Waals surface area contributed by atoms with Crippen LogP contribution in [0, 0.1) is 6.92 Å². The molecule has 0 unspecified atom stereocenters. The zero-order valence-electron chi connectivity index (χ0n) is 11.4. The highest BCUT2D eigenvalue weighted by atomic mass is 16.5. The Balaban J connectivity index is 2.01. The second kappa shape index (κ2) is 5.25. The summed E-state index contributed by atoms with van der Waals surface area (Å²) in [7, 11) is 0. The SMILES string of the molecule is Cc1cc(C(=O)O)cnc1Oc1cccc2ccccc12. The van der Waals surface area contributed by atoms with E-state index in [0.29, 0.717) is 17.2 Å². The van der Waals surface area contributed by atoms with Crippen LogP contribution in [0.5, 0.6) is 11.6 Å². The molecule has 0 aliphatic carbocycles. The lowest BCUT2D eigenvalue weighted by molar-refractivity contribution is 0.0696. The van der Waals surface area contributed by atoms with Crippen LogP contribution in [-0.2, 0) is 0 Å². The number of pyridine rings is 1. The van der Waals surface area contributed by atoms with Crippen LogP contribution < -0.4 is 4.74 Å². The third kappa shape index (κ3) is 2.56. The van der Waals surface area contributed by atoms with Crippen LogP contribution >= 0.6 is 0 Å². The van der Waals surface area contributed by atoms with Gasteiger partial charge in [-0.1, -0.05) is 36.4 Å². The Kier molecular flexibility index (Phi) is 3.28. The smallest absolute Gasteiger partial charge is 0.337 e. The van der Waals surface area contributed by atoms with Gasteiger partial charge in [0.25, 0.3) is 0 Å². The second-order valence-electron chi connectivity index (χ2n) is 4.73. The van der Waals surface area contributed by atoms with Gasteiger partial charge in [-0.3, -0.25) is 0 Å². The molecule has 1 aromatic heterocycles. The number of hydrogen-bond acceptors (Lipinski definition) is 3. The minimum absolute atomic E-state index is 0.151. The first kappa shape index (κ1) is 13.1. The summed E-state index contributed by atoms with van der Waals surface area (Å²) in [6.07, 6.45) is 1.30. The van der Waals surface area contributed by atoms with Crippen molar-refractivity contribution in [1.29, 1.82) is 0 Å².